The molecule has 21 heavy (non-hydrogen) atoms. The molecule has 1 aromatic rings. The van der Waals surface area contributed by atoms with Crippen molar-refractivity contribution in [2.45, 2.75) is 19.8 Å². The summed E-state index contributed by atoms with van der Waals surface area (Å²) in [6, 6.07) is 3.71. The van der Waals surface area contributed by atoms with Gasteiger partial charge < -0.3 is 9.47 Å². The maximum atomic E-state index is 11.9. The molecule has 8 heteroatoms. The molecule has 0 spiro atoms. The summed E-state index contributed by atoms with van der Waals surface area (Å²) in [7, 11) is 5.50. The van der Waals surface area contributed by atoms with Gasteiger partial charge in [0, 0.05) is 6.07 Å². The Morgan fingerprint density at radius 3 is 2.19 bits per heavy atom. The van der Waals surface area contributed by atoms with Crippen LogP contribution in [0.2, 0.25) is 0 Å². The van der Waals surface area contributed by atoms with Crippen LogP contribution in [0.4, 0.5) is 5.69 Å². The van der Waals surface area contributed by atoms with Gasteiger partial charge in [-0.05, 0) is 13.8 Å². The molecule has 0 N–H and O–H groups in total. The van der Waals surface area contributed by atoms with Gasteiger partial charge in [-0.2, -0.15) is 0 Å². The third kappa shape index (κ3) is 4.04. The van der Waals surface area contributed by atoms with Crippen LogP contribution in [0.5, 0.6) is 0 Å². The molecule has 0 atom stereocenters. The lowest BCUT2D eigenvalue weighted by Gasteiger charge is -2.15. The Kier molecular flexibility index (Phi) is 5.89. The predicted octanol–water partition coefficient (Wildman–Crippen LogP) is 0.598. The molecule has 0 unspecified atom stereocenters. The molecule has 0 aromatic heterocycles. The van der Waals surface area contributed by atoms with Crippen LogP contribution in [0.15, 0.2) is 18.2 Å². The van der Waals surface area contributed by atoms with Gasteiger partial charge in [-0.1, -0.05) is 17.6 Å². The van der Waals surface area contributed by atoms with Gasteiger partial charge in [0.05, 0.1) is 23.7 Å². The quantitative estimate of drug-likeness (QED) is 0.250. The number of carbonyl (C=O) groups is 2. The van der Waals surface area contributed by atoms with Crippen LogP contribution in [-0.4, -0.2) is 37.9 Å². The maximum absolute atomic E-state index is 11.9. The maximum Gasteiger partial charge on any atom is 0.325 e. The van der Waals surface area contributed by atoms with E-state index in [0.29, 0.717) is 0 Å². The Hall–Kier alpha value is -2.38. The minimum Gasteiger partial charge on any atom is -0.465 e. The second kappa shape index (κ2) is 7.42. The zero-order chi connectivity index (χ0) is 16.0. The fourth-order valence-corrected chi connectivity index (χ4v) is 1.76. The van der Waals surface area contributed by atoms with Gasteiger partial charge in [-0.25, -0.2) is 0 Å². The van der Waals surface area contributed by atoms with Gasteiger partial charge in [0.15, 0.2) is 5.92 Å². The van der Waals surface area contributed by atoms with Crippen LogP contribution >= 0.6 is 0 Å². The van der Waals surface area contributed by atoms with E-state index in [1.54, 1.807) is 13.8 Å². The third-order valence-corrected chi connectivity index (χ3v) is 2.61. The van der Waals surface area contributed by atoms with Crippen LogP contribution in [0.1, 0.15) is 25.3 Å². The van der Waals surface area contributed by atoms with Crippen molar-refractivity contribution in [3.05, 3.63) is 33.9 Å². The number of hydrogen-bond acceptors (Lipinski definition) is 6. The van der Waals surface area contributed by atoms with Crippen molar-refractivity contribution in [1.29, 1.82) is 0 Å². The zero-order valence-corrected chi connectivity index (χ0v) is 11.7. The Morgan fingerprint density at radius 2 is 1.76 bits per heavy atom. The first kappa shape index (κ1) is 16.7. The Balaban J connectivity index is 3.35. The standard InChI is InChI=1S/C13H14BNO6/c1-3-20-12(16)11(13(17)21-4-2)9-6-5-8(14)7-10(9)15(18)19/h5-7,11H,3-4H2,1-2H3. The fourth-order valence-electron chi connectivity index (χ4n) is 1.76. The molecule has 0 saturated heterocycles. The first-order valence-corrected chi connectivity index (χ1v) is 6.29. The Labute approximate surface area is 122 Å². The van der Waals surface area contributed by atoms with Crippen molar-refractivity contribution < 1.29 is 24.0 Å². The number of esters is 2. The average molecular weight is 291 g/mol. The van der Waals surface area contributed by atoms with Crippen molar-refractivity contribution in [3.63, 3.8) is 0 Å². The first-order chi connectivity index (χ1) is 9.92. The van der Waals surface area contributed by atoms with Crippen molar-refractivity contribution in [3.8, 4) is 0 Å². The molecule has 1 aromatic carbocycles. The van der Waals surface area contributed by atoms with Gasteiger partial charge in [-0.3, -0.25) is 19.7 Å². The van der Waals surface area contributed by atoms with Crippen molar-refractivity contribution in [2.24, 2.45) is 0 Å². The van der Waals surface area contributed by atoms with Gasteiger partial charge in [0.2, 0.25) is 0 Å². The summed E-state index contributed by atoms with van der Waals surface area (Å²) in [5.41, 5.74) is -0.385. The minimum absolute atomic E-state index is 0.0392. The van der Waals surface area contributed by atoms with Gasteiger partial charge in [0.1, 0.15) is 7.85 Å². The van der Waals surface area contributed by atoms with E-state index in [0.717, 1.165) is 6.07 Å². The number of nitrogens with zero attached hydrogens (tertiary/aromatic N) is 1. The first-order valence-electron chi connectivity index (χ1n) is 6.29. The summed E-state index contributed by atoms with van der Waals surface area (Å²) in [6.45, 7) is 3.21. The Bertz CT molecular complexity index is 542. The second-order valence-corrected chi connectivity index (χ2v) is 4.01. The predicted molar refractivity (Wildman–Crippen MR) is 74.5 cm³/mol. The summed E-state index contributed by atoms with van der Waals surface area (Å²) < 4.78 is 9.59. The number of carbonyl (C=O) groups excluding carboxylic acids is 2. The normalized spacial score (nSPS) is 10.2. The summed E-state index contributed by atoms with van der Waals surface area (Å²) >= 11 is 0. The lowest BCUT2D eigenvalue weighted by molar-refractivity contribution is -0.385. The lowest BCUT2D eigenvalue weighted by atomic mass is 9.90. The van der Waals surface area contributed by atoms with E-state index in [1.165, 1.54) is 12.1 Å². The monoisotopic (exact) mass is 291 g/mol. The minimum atomic E-state index is -1.51. The molecule has 0 amide bonds. The van der Waals surface area contributed by atoms with E-state index in [4.69, 9.17) is 17.3 Å². The van der Waals surface area contributed by atoms with E-state index in [9.17, 15) is 19.7 Å². The molecular formula is C13H14BNO6. The molecular weight excluding hydrogens is 277 g/mol. The molecule has 110 valence electrons. The number of hydrogen-bond donors (Lipinski definition) is 0. The van der Waals surface area contributed by atoms with Crippen molar-refractivity contribution >= 4 is 30.9 Å². The molecule has 0 heterocycles. The second-order valence-electron chi connectivity index (χ2n) is 4.01. The number of benzene rings is 1. The smallest absolute Gasteiger partial charge is 0.325 e. The molecule has 0 aliphatic carbocycles. The molecule has 7 nitrogen and oxygen atoms in total. The number of nitro groups is 1. The summed E-state index contributed by atoms with van der Waals surface area (Å²) in [6.07, 6.45) is 0. The highest BCUT2D eigenvalue weighted by atomic mass is 16.6. The van der Waals surface area contributed by atoms with E-state index >= 15 is 0 Å². The number of ether oxygens (including phenoxy) is 2. The average Bonchev–Trinajstić information content (AvgIpc) is 2.41. The van der Waals surface area contributed by atoms with Crippen molar-refractivity contribution in [1.82, 2.24) is 0 Å². The highest BCUT2D eigenvalue weighted by molar-refractivity contribution is 6.32. The van der Waals surface area contributed by atoms with Crippen LogP contribution < -0.4 is 5.46 Å². The van der Waals surface area contributed by atoms with Crippen molar-refractivity contribution in [2.75, 3.05) is 13.2 Å². The summed E-state index contributed by atoms with van der Waals surface area (Å²) in [5.74, 6) is -3.31. The largest absolute Gasteiger partial charge is 0.465 e. The van der Waals surface area contributed by atoms with Crippen LogP contribution in [0.3, 0.4) is 0 Å². The lowest BCUT2D eigenvalue weighted by Crippen LogP contribution is -2.27. The van der Waals surface area contributed by atoms with Crippen LogP contribution in [0, 0.1) is 10.1 Å². The SMILES string of the molecule is [B]c1ccc(C(C(=O)OCC)C(=O)OCC)c([N+](=O)[O-])c1. The molecule has 2 radical (unpaired) electrons. The van der Waals surface area contributed by atoms with Crippen LogP contribution in [-0.2, 0) is 19.1 Å². The van der Waals surface area contributed by atoms with Gasteiger partial charge in [-0.15, -0.1) is 0 Å². The molecule has 0 bridgehead atoms. The Morgan fingerprint density at radius 1 is 1.24 bits per heavy atom. The fraction of sp³-hybridized carbons (Fsp3) is 0.385. The van der Waals surface area contributed by atoms with E-state index in [1.807, 2.05) is 0 Å². The highest BCUT2D eigenvalue weighted by Crippen LogP contribution is 2.28. The highest BCUT2D eigenvalue weighted by Gasteiger charge is 2.36. The third-order valence-electron chi connectivity index (χ3n) is 2.61. The van der Waals surface area contributed by atoms with E-state index in [2.05, 4.69) is 0 Å². The molecule has 1 rings (SSSR count). The molecule has 0 aliphatic heterocycles. The molecule has 0 fully saturated rings. The van der Waals surface area contributed by atoms with Gasteiger partial charge >= 0.3 is 11.9 Å². The number of rotatable bonds is 6. The molecule has 0 saturated carbocycles. The summed E-state index contributed by atoms with van der Waals surface area (Å²) in [5, 5.41) is 11.1. The number of nitro benzene ring substituents is 1. The molecule has 0 aliphatic rings. The van der Waals surface area contributed by atoms with E-state index in [-0.39, 0.29) is 24.2 Å². The summed E-state index contributed by atoms with van der Waals surface area (Å²) in [4.78, 5) is 34.3. The van der Waals surface area contributed by atoms with Crippen LogP contribution in [0.25, 0.3) is 0 Å². The topological polar surface area (TPSA) is 95.7 Å². The van der Waals surface area contributed by atoms with Gasteiger partial charge in [0.25, 0.3) is 5.69 Å². The zero-order valence-electron chi connectivity index (χ0n) is 11.7. The van der Waals surface area contributed by atoms with E-state index < -0.39 is 28.5 Å².